The molecule has 2 aromatic rings. The van der Waals surface area contributed by atoms with E-state index in [1.807, 2.05) is 36.1 Å². The van der Waals surface area contributed by atoms with Gasteiger partial charge in [0.05, 0.1) is 11.5 Å². The molecule has 144 valence electrons. The van der Waals surface area contributed by atoms with Crippen LogP contribution >= 0.6 is 0 Å². The molecule has 9 heteroatoms. The molecule has 1 aromatic heterocycles. The highest BCUT2D eigenvalue weighted by Crippen LogP contribution is 2.32. The maximum Gasteiger partial charge on any atom is 0.231 e. The Kier molecular flexibility index (Phi) is 4.77. The van der Waals surface area contributed by atoms with Crippen LogP contribution in [0.5, 0.6) is 11.5 Å². The van der Waals surface area contributed by atoms with Crippen LogP contribution in [0, 0.1) is 0 Å². The van der Waals surface area contributed by atoms with E-state index in [4.69, 9.17) is 9.47 Å². The number of nitrogens with zero attached hydrogens (tertiary/aromatic N) is 3. The van der Waals surface area contributed by atoms with E-state index >= 15 is 0 Å². The Morgan fingerprint density at radius 3 is 2.85 bits per heavy atom. The Morgan fingerprint density at radius 2 is 2.07 bits per heavy atom. The highest BCUT2D eigenvalue weighted by Gasteiger charge is 2.32. The maximum absolute atomic E-state index is 11.8. The number of sulfone groups is 1. The van der Waals surface area contributed by atoms with E-state index in [0.717, 1.165) is 22.9 Å². The van der Waals surface area contributed by atoms with Crippen LogP contribution in [-0.4, -0.2) is 49.3 Å². The molecule has 27 heavy (non-hydrogen) atoms. The smallest absolute Gasteiger partial charge is 0.231 e. The van der Waals surface area contributed by atoms with E-state index in [0.29, 0.717) is 25.3 Å². The van der Waals surface area contributed by atoms with Crippen LogP contribution in [0.25, 0.3) is 0 Å². The molecule has 0 aliphatic carbocycles. The zero-order valence-electron chi connectivity index (χ0n) is 15.1. The number of anilines is 2. The number of hydrogen-bond acceptors (Lipinski definition) is 8. The first-order valence-electron chi connectivity index (χ1n) is 8.95. The molecule has 1 N–H and O–H groups in total. The fraction of sp³-hybridized carbons (Fsp3) is 0.444. The molecular formula is C18H22N4O4S. The lowest BCUT2D eigenvalue weighted by molar-refractivity contribution is 0.174. The standard InChI is InChI=1S/C18H22N4O4S/c1-2-22(14-5-6-27(23,24)10-14)18-8-17(20-11-21-18)19-9-13-3-4-15-16(7-13)26-12-25-15/h3-4,7-8,11,14H,2,5-6,9-10,12H2,1H3,(H,19,20,21). The molecule has 0 amide bonds. The average molecular weight is 390 g/mol. The zero-order valence-corrected chi connectivity index (χ0v) is 15.9. The number of fused-ring (bicyclic) bond motifs is 1. The van der Waals surface area contributed by atoms with Gasteiger partial charge >= 0.3 is 0 Å². The largest absolute Gasteiger partial charge is 0.454 e. The Labute approximate surface area is 158 Å². The normalized spacial score (nSPS) is 19.8. The van der Waals surface area contributed by atoms with E-state index in [1.165, 1.54) is 6.33 Å². The van der Waals surface area contributed by atoms with Gasteiger partial charge in [0.2, 0.25) is 6.79 Å². The Morgan fingerprint density at radius 1 is 1.22 bits per heavy atom. The van der Waals surface area contributed by atoms with Gasteiger partial charge in [-0.1, -0.05) is 6.07 Å². The Hall–Kier alpha value is -2.55. The topological polar surface area (TPSA) is 93.7 Å². The van der Waals surface area contributed by atoms with Crippen LogP contribution in [0.4, 0.5) is 11.6 Å². The molecular weight excluding hydrogens is 368 g/mol. The molecule has 8 nitrogen and oxygen atoms in total. The van der Waals surface area contributed by atoms with Crippen molar-refractivity contribution < 1.29 is 17.9 Å². The second kappa shape index (κ2) is 7.22. The van der Waals surface area contributed by atoms with Gasteiger partial charge in [0.25, 0.3) is 0 Å². The van der Waals surface area contributed by atoms with Crippen LogP contribution < -0.4 is 19.7 Å². The number of nitrogens with one attached hydrogen (secondary N) is 1. The van der Waals surface area contributed by atoms with Gasteiger partial charge in [-0.15, -0.1) is 0 Å². The summed E-state index contributed by atoms with van der Waals surface area (Å²) >= 11 is 0. The van der Waals surface area contributed by atoms with E-state index in [-0.39, 0.29) is 24.3 Å². The summed E-state index contributed by atoms with van der Waals surface area (Å²) in [6, 6.07) is 7.64. The second-order valence-corrected chi connectivity index (χ2v) is 8.87. The lowest BCUT2D eigenvalue weighted by Gasteiger charge is -2.28. The van der Waals surface area contributed by atoms with Crippen molar-refractivity contribution in [3.8, 4) is 11.5 Å². The van der Waals surface area contributed by atoms with E-state index in [2.05, 4.69) is 15.3 Å². The Balaban J connectivity index is 1.45. The van der Waals surface area contributed by atoms with Gasteiger partial charge in [-0.05, 0) is 31.0 Å². The molecule has 1 saturated heterocycles. The number of rotatable bonds is 6. The predicted octanol–water partition coefficient (Wildman–Crippen LogP) is 1.83. The van der Waals surface area contributed by atoms with Gasteiger partial charge in [0.1, 0.15) is 18.0 Å². The van der Waals surface area contributed by atoms with Gasteiger partial charge in [0, 0.05) is 25.2 Å². The monoisotopic (exact) mass is 390 g/mol. The predicted molar refractivity (Wildman–Crippen MR) is 102 cm³/mol. The molecule has 1 atom stereocenters. The molecule has 0 radical (unpaired) electrons. The highest BCUT2D eigenvalue weighted by atomic mass is 32.2. The minimum absolute atomic E-state index is 0.0309. The third-order valence-electron chi connectivity index (χ3n) is 4.85. The van der Waals surface area contributed by atoms with Crippen LogP contribution in [0.1, 0.15) is 18.9 Å². The first kappa shape index (κ1) is 17.8. The first-order valence-corrected chi connectivity index (χ1v) is 10.8. The lowest BCUT2D eigenvalue weighted by Crippen LogP contribution is -2.36. The SMILES string of the molecule is CCN(c1cc(NCc2ccc3c(c2)OCO3)ncn1)C1CCS(=O)(=O)C1. The van der Waals surface area contributed by atoms with Gasteiger partial charge in [0.15, 0.2) is 21.3 Å². The van der Waals surface area contributed by atoms with Crippen molar-refractivity contribution >= 4 is 21.5 Å². The second-order valence-electron chi connectivity index (χ2n) is 6.65. The van der Waals surface area contributed by atoms with Crippen LogP contribution in [0.15, 0.2) is 30.6 Å². The summed E-state index contributed by atoms with van der Waals surface area (Å²) in [5, 5.41) is 3.29. The molecule has 1 unspecified atom stereocenters. The number of hydrogen-bond donors (Lipinski definition) is 1. The van der Waals surface area contributed by atoms with E-state index < -0.39 is 9.84 Å². The number of ether oxygens (including phenoxy) is 2. The molecule has 0 spiro atoms. The maximum atomic E-state index is 11.8. The highest BCUT2D eigenvalue weighted by molar-refractivity contribution is 7.91. The third-order valence-corrected chi connectivity index (χ3v) is 6.60. The third kappa shape index (κ3) is 3.92. The summed E-state index contributed by atoms with van der Waals surface area (Å²) in [6.07, 6.45) is 2.14. The average Bonchev–Trinajstić information content (AvgIpc) is 3.26. The molecule has 2 aliphatic heterocycles. The molecule has 1 fully saturated rings. The quantitative estimate of drug-likeness (QED) is 0.798. The first-order chi connectivity index (χ1) is 13.0. The molecule has 3 heterocycles. The van der Waals surface area contributed by atoms with Crippen LogP contribution in [0.2, 0.25) is 0 Å². The fourth-order valence-corrected chi connectivity index (χ4v) is 5.20. The number of benzene rings is 1. The van der Waals surface area contributed by atoms with Gasteiger partial charge in [-0.25, -0.2) is 18.4 Å². The van der Waals surface area contributed by atoms with Crippen molar-refractivity contribution in [1.29, 1.82) is 0 Å². The van der Waals surface area contributed by atoms with Crippen molar-refractivity contribution in [2.45, 2.75) is 25.9 Å². The molecule has 0 saturated carbocycles. The summed E-state index contributed by atoms with van der Waals surface area (Å²) in [7, 11) is -2.94. The molecule has 4 rings (SSSR count). The van der Waals surface area contributed by atoms with Crippen molar-refractivity contribution in [2.75, 3.05) is 35.1 Å². The van der Waals surface area contributed by atoms with Gasteiger partial charge in [-0.3, -0.25) is 0 Å². The fourth-order valence-electron chi connectivity index (χ4n) is 3.47. The molecule has 0 bridgehead atoms. The van der Waals surface area contributed by atoms with Crippen molar-refractivity contribution in [2.24, 2.45) is 0 Å². The zero-order chi connectivity index (χ0) is 18.9. The summed E-state index contributed by atoms with van der Waals surface area (Å²) < 4.78 is 34.3. The molecule has 1 aromatic carbocycles. The molecule has 2 aliphatic rings. The van der Waals surface area contributed by atoms with E-state index in [1.54, 1.807) is 0 Å². The minimum atomic E-state index is -2.94. The van der Waals surface area contributed by atoms with Gasteiger partial charge < -0.3 is 19.7 Å². The van der Waals surface area contributed by atoms with Crippen molar-refractivity contribution in [1.82, 2.24) is 9.97 Å². The summed E-state index contributed by atoms with van der Waals surface area (Å²) in [5.74, 6) is 3.37. The van der Waals surface area contributed by atoms with Crippen molar-refractivity contribution in [3.63, 3.8) is 0 Å². The van der Waals surface area contributed by atoms with Crippen molar-refractivity contribution in [3.05, 3.63) is 36.2 Å². The summed E-state index contributed by atoms with van der Waals surface area (Å²) in [6.45, 7) is 3.54. The number of aromatic nitrogens is 2. The summed E-state index contributed by atoms with van der Waals surface area (Å²) in [4.78, 5) is 10.7. The Bertz CT molecular complexity index is 935. The summed E-state index contributed by atoms with van der Waals surface area (Å²) in [5.41, 5.74) is 1.05. The van der Waals surface area contributed by atoms with Crippen LogP contribution in [-0.2, 0) is 16.4 Å². The lowest BCUT2D eigenvalue weighted by atomic mass is 10.2. The minimum Gasteiger partial charge on any atom is -0.454 e. The van der Waals surface area contributed by atoms with Gasteiger partial charge in [-0.2, -0.15) is 0 Å². The van der Waals surface area contributed by atoms with Crippen LogP contribution in [0.3, 0.4) is 0 Å². The van der Waals surface area contributed by atoms with E-state index in [9.17, 15) is 8.42 Å².